The van der Waals surface area contributed by atoms with Crippen molar-refractivity contribution >= 4 is 0 Å². The number of aliphatic hydroxyl groups excluding tert-OH is 1. The number of rotatable bonds is 4. The largest absolute Gasteiger partial charge is 0.396 e. The van der Waals surface area contributed by atoms with Gasteiger partial charge in [0.05, 0.1) is 0 Å². The van der Waals surface area contributed by atoms with E-state index in [2.05, 4.69) is 13.5 Å². The molecular weight excluding hydrogens is 100 g/mol. The Kier molecular flexibility index (Phi) is 4.67. The molecule has 1 nitrogen and oxygen atoms in total. The summed E-state index contributed by atoms with van der Waals surface area (Å²) in [4.78, 5) is 0. The lowest BCUT2D eigenvalue weighted by atomic mass is 10.0. The van der Waals surface area contributed by atoms with Crippen LogP contribution in [0.5, 0.6) is 0 Å². The molecule has 0 aromatic rings. The summed E-state index contributed by atoms with van der Waals surface area (Å²) >= 11 is 0. The van der Waals surface area contributed by atoms with Gasteiger partial charge in [0.1, 0.15) is 0 Å². The molecule has 0 saturated carbocycles. The van der Waals surface area contributed by atoms with E-state index in [9.17, 15) is 0 Å². The first-order valence-corrected chi connectivity index (χ1v) is 3.08. The van der Waals surface area contributed by atoms with Gasteiger partial charge in [-0.1, -0.05) is 13.0 Å². The van der Waals surface area contributed by atoms with Gasteiger partial charge in [0.2, 0.25) is 0 Å². The Bertz CT molecular complexity index is 59.4. The van der Waals surface area contributed by atoms with Crippen LogP contribution in [0.25, 0.3) is 0 Å². The molecule has 0 bridgehead atoms. The molecule has 0 aromatic carbocycles. The first kappa shape index (κ1) is 7.70. The minimum Gasteiger partial charge on any atom is -0.396 e. The summed E-state index contributed by atoms with van der Waals surface area (Å²) in [5.41, 5.74) is 0. The van der Waals surface area contributed by atoms with Gasteiger partial charge in [-0.25, -0.2) is 0 Å². The van der Waals surface area contributed by atoms with Crippen molar-refractivity contribution < 1.29 is 5.11 Å². The molecule has 1 atom stereocenters. The number of hydrogen-bond donors (Lipinski definition) is 1. The van der Waals surface area contributed by atoms with Crippen LogP contribution in [0, 0.1) is 5.92 Å². The van der Waals surface area contributed by atoms with Gasteiger partial charge in [0, 0.05) is 6.61 Å². The van der Waals surface area contributed by atoms with Crippen LogP contribution >= 0.6 is 0 Å². The molecule has 0 aliphatic carbocycles. The van der Waals surface area contributed by atoms with Crippen LogP contribution < -0.4 is 0 Å². The Balaban J connectivity index is 3.21. The summed E-state index contributed by atoms with van der Waals surface area (Å²) in [6, 6.07) is 0. The van der Waals surface area contributed by atoms with Gasteiger partial charge in [0.25, 0.3) is 0 Å². The average Bonchev–Trinajstić information content (AvgIpc) is 1.83. The van der Waals surface area contributed by atoms with Gasteiger partial charge in [0.15, 0.2) is 0 Å². The predicted octanol–water partition coefficient (Wildman–Crippen LogP) is 1.58. The van der Waals surface area contributed by atoms with Crippen LogP contribution in [0.4, 0.5) is 0 Å². The van der Waals surface area contributed by atoms with E-state index in [1.165, 1.54) is 0 Å². The normalized spacial score (nSPS) is 13.2. The van der Waals surface area contributed by atoms with Gasteiger partial charge >= 0.3 is 0 Å². The molecule has 8 heavy (non-hydrogen) atoms. The zero-order valence-electron chi connectivity index (χ0n) is 5.43. The molecule has 0 fully saturated rings. The molecular formula is C7H14O. The van der Waals surface area contributed by atoms with Crippen molar-refractivity contribution in [2.75, 3.05) is 6.61 Å². The maximum atomic E-state index is 8.45. The fraction of sp³-hybridized carbons (Fsp3) is 0.714. The van der Waals surface area contributed by atoms with Crippen LogP contribution in [-0.4, -0.2) is 11.7 Å². The molecule has 0 saturated heterocycles. The molecule has 0 heterocycles. The van der Waals surface area contributed by atoms with Crippen molar-refractivity contribution in [1.29, 1.82) is 0 Å². The molecule has 48 valence electrons. The summed E-state index contributed by atoms with van der Waals surface area (Å²) in [5.74, 6) is 0.514. The quantitative estimate of drug-likeness (QED) is 0.550. The van der Waals surface area contributed by atoms with Crippen molar-refractivity contribution in [3.8, 4) is 0 Å². The maximum absolute atomic E-state index is 8.45. The van der Waals surface area contributed by atoms with E-state index in [0.29, 0.717) is 5.92 Å². The van der Waals surface area contributed by atoms with Crippen LogP contribution in [-0.2, 0) is 0 Å². The average molecular weight is 114 g/mol. The summed E-state index contributed by atoms with van der Waals surface area (Å²) in [7, 11) is 0. The highest BCUT2D eigenvalue weighted by atomic mass is 16.2. The van der Waals surface area contributed by atoms with Crippen LogP contribution in [0.3, 0.4) is 0 Å². The number of aliphatic hydroxyl groups is 1. The van der Waals surface area contributed by atoms with Gasteiger partial charge in [-0.3, -0.25) is 0 Å². The third kappa shape index (κ3) is 2.80. The van der Waals surface area contributed by atoms with Crippen LogP contribution in [0.15, 0.2) is 12.7 Å². The SMILES string of the molecule is C=C[C@H](CC)CCO. The van der Waals surface area contributed by atoms with E-state index in [4.69, 9.17) is 5.11 Å². The van der Waals surface area contributed by atoms with Crippen molar-refractivity contribution in [2.24, 2.45) is 5.92 Å². The molecule has 0 amide bonds. The number of allylic oxidation sites excluding steroid dienone is 1. The van der Waals surface area contributed by atoms with Crippen molar-refractivity contribution in [3.63, 3.8) is 0 Å². The highest BCUT2D eigenvalue weighted by Gasteiger charge is 1.96. The second kappa shape index (κ2) is 4.85. The van der Waals surface area contributed by atoms with E-state index < -0.39 is 0 Å². The topological polar surface area (TPSA) is 20.2 Å². The second-order valence-electron chi connectivity index (χ2n) is 1.92. The standard InChI is InChI=1S/C7H14O/c1-3-7(4-2)5-6-8/h3,7-8H,1,4-6H2,2H3/t7-/m1/s1. The zero-order chi connectivity index (χ0) is 6.41. The molecule has 0 unspecified atom stereocenters. The molecule has 0 rings (SSSR count). The van der Waals surface area contributed by atoms with E-state index in [1.54, 1.807) is 0 Å². The third-order valence-corrected chi connectivity index (χ3v) is 1.36. The highest BCUT2D eigenvalue weighted by Crippen LogP contribution is 2.06. The van der Waals surface area contributed by atoms with Gasteiger partial charge in [-0.15, -0.1) is 6.58 Å². The first-order valence-electron chi connectivity index (χ1n) is 3.08. The fourth-order valence-electron chi connectivity index (χ4n) is 0.654. The maximum Gasteiger partial charge on any atom is 0.0436 e. The highest BCUT2D eigenvalue weighted by molar-refractivity contribution is 4.76. The fourth-order valence-corrected chi connectivity index (χ4v) is 0.654. The van der Waals surface area contributed by atoms with Crippen LogP contribution in [0.2, 0.25) is 0 Å². The van der Waals surface area contributed by atoms with Crippen molar-refractivity contribution in [2.45, 2.75) is 19.8 Å². The Labute approximate surface area is 51.0 Å². The molecule has 1 N–H and O–H groups in total. The Morgan fingerprint density at radius 3 is 2.50 bits per heavy atom. The minimum atomic E-state index is 0.282. The molecule has 1 heteroatoms. The molecule has 0 aliphatic rings. The molecule has 0 spiro atoms. The third-order valence-electron chi connectivity index (χ3n) is 1.36. The lowest BCUT2D eigenvalue weighted by molar-refractivity contribution is 0.268. The van der Waals surface area contributed by atoms with Gasteiger partial charge in [-0.05, 0) is 18.8 Å². The molecule has 0 aromatic heterocycles. The van der Waals surface area contributed by atoms with Gasteiger partial charge < -0.3 is 5.11 Å². The lowest BCUT2D eigenvalue weighted by Crippen LogP contribution is -1.96. The molecule has 0 aliphatic heterocycles. The minimum absolute atomic E-state index is 0.282. The van der Waals surface area contributed by atoms with E-state index in [1.807, 2.05) is 6.08 Å². The second-order valence-corrected chi connectivity index (χ2v) is 1.92. The lowest BCUT2D eigenvalue weighted by Gasteiger charge is -2.04. The zero-order valence-corrected chi connectivity index (χ0v) is 5.43. The van der Waals surface area contributed by atoms with E-state index in [-0.39, 0.29) is 6.61 Å². The first-order chi connectivity index (χ1) is 3.85. The summed E-state index contributed by atoms with van der Waals surface area (Å²) in [6.07, 6.45) is 3.85. The van der Waals surface area contributed by atoms with Crippen molar-refractivity contribution in [1.82, 2.24) is 0 Å². The monoisotopic (exact) mass is 114 g/mol. The Morgan fingerprint density at radius 2 is 2.38 bits per heavy atom. The Morgan fingerprint density at radius 1 is 1.75 bits per heavy atom. The summed E-state index contributed by atoms with van der Waals surface area (Å²) in [6.45, 7) is 6.02. The van der Waals surface area contributed by atoms with Crippen LogP contribution in [0.1, 0.15) is 19.8 Å². The molecule has 0 radical (unpaired) electrons. The number of hydrogen-bond acceptors (Lipinski definition) is 1. The van der Waals surface area contributed by atoms with Gasteiger partial charge in [-0.2, -0.15) is 0 Å². The summed E-state index contributed by atoms with van der Waals surface area (Å²) < 4.78 is 0. The van der Waals surface area contributed by atoms with Crippen molar-refractivity contribution in [3.05, 3.63) is 12.7 Å². The predicted molar refractivity (Wildman–Crippen MR) is 35.7 cm³/mol. The smallest absolute Gasteiger partial charge is 0.0436 e. The Hall–Kier alpha value is -0.300. The van der Waals surface area contributed by atoms with E-state index in [0.717, 1.165) is 12.8 Å². The van der Waals surface area contributed by atoms with E-state index >= 15 is 0 Å². The summed E-state index contributed by atoms with van der Waals surface area (Å²) in [5, 5.41) is 8.45.